The fourth-order valence-electron chi connectivity index (χ4n) is 2.08. The van der Waals surface area contributed by atoms with Gasteiger partial charge in [-0.2, -0.15) is 5.10 Å². The number of rotatable bonds is 5. The molecule has 0 aliphatic heterocycles. The zero-order valence-corrected chi connectivity index (χ0v) is 12.4. The Morgan fingerprint density at radius 2 is 2.15 bits per heavy atom. The van der Waals surface area contributed by atoms with Crippen molar-refractivity contribution in [2.24, 2.45) is 5.92 Å². The number of aliphatic hydroxyl groups excluding tert-OH is 1. The molecule has 0 aliphatic rings. The lowest BCUT2D eigenvalue weighted by Gasteiger charge is -2.14. The lowest BCUT2D eigenvalue weighted by atomic mass is 10.0. The molecule has 1 atom stereocenters. The molecule has 20 heavy (non-hydrogen) atoms. The molecule has 1 aromatic heterocycles. The van der Waals surface area contributed by atoms with Crippen molar-refractivity contribution in [3.05, 3.63) is 40.9 Å². The number of hydrogen-bond acceptors (Lipinski definition) is 4. The molecule has 6 heteroatoms. The van der Waals surface area contributed by atoms with Gasteiger partial charge in [-0.1, -0.05) is 31.5 Å². The van der Waals surface area contributed by atoms with E-state index in [-0.39, 0.29) is 0 Å². The smallest absolute Gasteiger partial charge is 0.138 e. The molecule has 0 saturated heterocycles. The predicted octanol–water partition coefficient (Wildman–Crippen LogP) is 2.45. The van der Waals surface area contributed by atoms with Crippen LogP contribution in [0.4, 0.5) is 5.69 Å². The van der Waals surface area contributed by atoms with Crippen LogP contribution in [0.2, 0.25) is 5.02 Å². The third-order valence-electron chi connectivity index (χ3n) is 3.02. The molecule has 108 valence electrons. The van der Waals surface area contributed by atoms with Crippen LogP contribution in [0.25, 0.3) is 0 Å². The van der Waals surface area contributed by atoms with Crippen molar-refractivity contribution in [1.82, 2.24) is 14.8 Å². The number of anilines is 1. The van der Waals surface area contributed by atoms with Crippen LogP contribution >= 0.6 is 11.6 Å². The van der Waals surface area contributed by atoms with Crippen molar-refractivity contribution in [3.63, 3.8) is 0 Å². The normalized spacial score (nSPS) is 12.8. The molecule has 2 aromatic rings. The van der Waals surface area contributed by atoms with E-state index in [2.05, 4.69) is 23.9 Å². The van der Waals surface area contributed by atoms with Gasteiger partial charge in [0.2, 0.25) is 0 Å². The summed E-state index contributed by atoms with van der Waals surface area (Å²) in [6.07, 6.45) is 1.16. The number of benzene rings is 1. The van der Waals surface area contributed by atoms with Crippen LogP contribution in [-0.4, -0.2) is 19.9 Å². The Labute approximate surface area is 123 Å². The van der Waals surface area contributed by atoms with Gasteiger partial charge < -0.3 is 10.8 Å². The fourth-order valence-corrected chi connectivity index (χ4v) is 2.26. The molecule has 0 amide bonds. The van der Waals surface area contributed by atoms with E-state index < -0.39 is 6.10 Å². The number of halogens is 1. The quantitative estimate of drug-likeness (QED) is 0.830. The first-order valence-corrected chi connectivity index (χ1v) is 6.95. The van der Waals surface area contributed by atoms with E-state index >= 15 is 0 Å². The molecular weight excluding hydrogens is 276 g/mol. The molecule has 5 nitrogen and oxygen atoms in total. The van der Waals surface area contributed by atoms with Gasteiger partial charge in [0, 0.05) is 29.2 Å². The summed E-state index contributed by atoms with van der Waals surface area (Å²) in [5, 5.41) is 15.1. The molecule has 0 saturated carbocycles. The van der Waals surface area contributed by atoms with E-state index in [4.69, 9.17) is 17.3 Å². The van der Waals surface area contributed by atoms with Crippen LogP contribution in [0.15, 0.2) is 24.5 Å². The molecule has 0 aliphatic carbocycles. The maximum Gasteiger partial charge on any atom is 0.138 e. The molecule has 2 rings (SSSR count). The van der Waals surface area contributed by atoms with Gasteiger partial charge in [-0.15, -0.1) is 0 Å². The topological polar surface area (TPSA) is 77.0 Å². The first kappa shape index (κ1) is 14.8. The van der Waals surface area contributed by atoms with Crippen molar-refractivity contribution in [2.75, 3.05) is 5.73 Å². The minimum atomic E-state index is -0.720. The van der Waals surface area contributed by atoms with E-state index in [1.807, 2.05) is 4.68 Å². The van der Waals surface area contributed by atoms with Crippen molar-refractivity contribution >= 4 is 17.3 Å². The lowest BCUT2D eigenvalue weighted by Crippen LogP contribution is -2.14. The Balaban J connectivity index is 2.15. The Kier molecular flexibility index (Phi) is 4.62. The first-order valence-electron chi connectivity index (χ1n) is 6.57. The molecule has 3 N–H and O–H groups in total. The zero-order chi connectivity index (χ0) is 14.7. The highest BCUT2D eigenvalue weighted by Gasteiger charge is 2.16. The summed E-state index contributed by atoms with van der Waals surface area (Å²) in [6.45, 7) is 5.00. The van der Waals surface area contributed by atoms with Crippen molar-refractivity contribution in [3.8, 4) is 0 Å². The van der Waals surface area contributed by atoms with Crippen molar-refractivity contribution in [2.45, 2.75) is 32.9 Å². The van der Waals surface area contributed by atoms with Crippen LogP contribution in [0, 0.1) is 5.92 Å². The number of nitrogen functional groups attached to an aromatic ring is 1. The summed E-state index contributed by atoms with van der Waals surface area (Å²) in [6, 6.07) is 5.10. The summed E-state index contributed by atoms with van der Waals surface area (Å²) in [5.74, 6) is 1.22. The summed E-state index contributed by atoms with van der Waals surface area (Å²) in [7, 11) is 0. The molecule has 1 heterocycles. The average Bonchev–Trinajstić information content (AvgIpc) is 2.75. The van der Waals surface area contributed by atoms with Gasteiger partial charge in [0.1, 0.15) is 12.2 Å². The Bertz CT molecular complexity index is 582. The Morgan fingerprint density at radius 1 is 1.40 bits per heavy atom. The van der Waals surface area contributed by atoms with E-state index in [0.717, 1.165) is 12.4 Å². The molecule has 0 bridgehead atoms. The second-order valence-electron chi connectivity index (χ2n) is 5.25. The van der Waals surface area contributed by atoms with Crippen molar-refractivity contribution < 1.29 is 5.11 Å². The Hall–Kier alpha value is -1.59. The summed E-state index contributed by atoms with van der Waals surface area (Å²) in [5.41, 5.74) is 7.03. The first-order chi connectivity index (χ1) is 9.47. The van der Waals surface area contributed by atoms with Gasteiger partial charge in [0.15, 0.2) is 0 Å². The van der Waals surface area contributed by atoms with Crippen LogP contribution in [-0.2, 0) is 13.0 Å². The van der Waals surface area contributed by atoms with E-state index in [0.29, 0.717) is 28.6 Å². The van der Waals surface area contributed by atoms with Gasteiger partial charge in [0.05, 0.1) is 6.10 Å². The SMILES string of the molecule is CC(C)Cn1ncnc1CC(O)c1ccc(Cl)cc1N. The zero-order valence-electron chi connectivity index (χ0n) is 11.6. The molecule has 0 fully saturated rings. The number of nitrogens with two attached hydrogens (primary N) is 1. The van der Waals surface area contributed by atoms with Crippen LogP contribution in [0.1, 0.15) is 31.3 Å². The second-order valence-corrected chi connectivity index (χ2v) is 5.68. The second kappa shape index (κ2) is 6.24. The van der Waals surface area contributed by atoms with E-state index in [9.17, 15) is 5.11 Å². The molecule has 0 spiro atoms. The monoisotopic (exact) mass is 294 g/mol. The maximum atomic E-state index is 10.3. The van der Waals surface area contributed by atoms with Crippen LogP contribution in [0.5, 0.6) is 0 Å². The fraction of sp³-hybridized carbons (Fsp3) is 0.429. The summed E-state index contributed by atoms with van der Waals surface area (Å²) < 4.78 is 1.82. The van der Waals surface area contributed by atoms with Gasteiger partial charge in [0.25, 0.3) is 0 Å². The number of nitrogens with zero attached hydrogens (tertiary/aromatic N) is 3. The van der Waals surface area contributed by atoms with Gasteiger partial charge >= 0.3 is 0 Å². The number of aliphatic hydroxyl groups is 1. The van der Waals surface area contributed by atoms with Gasteiger partial charge in [-0.05, 0) is 18.1 Å². The van der Waals surface area contributed by atoms with E-state index in [1.54, 1.807) is 18.2 Å². The van der Waals surface area contributed by atoms with Crippen molar-refractivity contribution in [1.29, 1.82) is 0 Å². The highest BCUT2D eigenvalue weighted by molar-refractivity contribution is 6.30. The number of hydrogen-bond donors (Lipinski definition) is 2. The highest BCUT2D eigenvalue weighted by atomic mass is 35.5. The van der Waals surface area contributed by atoms with Gasteiger partial charge in [-0.3, -0.25) is 0 Å². The third kappa shape index (κ3) is 3.49. The lowest BCUT2D eigenvalue weighted by molar-refractivity contribution is 0.174. The molecule has 0 radical (unpaired) electrons. The third-order valence-corrected chi connectivity index (χ3v) is 3.25. The molecule has 1 aromatic carbocycles. The highest BCUT2D eigenvalue weighted by Crippen LogP contribution is 2.26. The molecule has 1 unspecified atom stereocenters. The standard InChI is InChI=1S/C14H19ClN4O/c1-9(2)7-19-14(17-8-18-19)6-13(20)11-4-3-10(15)5-12(11)16/h3-5,8-9,13,20H,6-7,16H2,1-2H3. The minimum Gasteiger partial charge on any atom is -0.398 e. The van der Waals surface area contributed by atoms with Crippen LogP contribution < -0.4 is 5.73 Å². The van der Waals surface area contributed by atoms with Crippen LogP contribution in [0.3, 0.4) is 0 Å². The maximum absolute atomic E-state index is 10.3. The van der Waals surface area contributed by atoms with Gasteiger partial charge in [-0.25, -0.2) is 9.67 Å². The molecular formula is C14H19ClN4O. The average molecular weight is 295 g/mol. The van der Waals surface area contributed by atoms with E-state index in [1.165, 1.54) is 6.33 Å². The Morgan fingerprint density at radius 3 is 2.80 bits per heavy atom. The summed E-state index contributed by atoms with van der Waals surface area (Å²) in [4.78, 5) is 4.21. The largest absolute Gasteiger partial charge is 0.398 e. The number of aromatic nitrogens is 3. The predicted molar refractivity (Wildman–Crippen MR) is 79.4 cm³/mol. The minimum absolute atomic E-state index is 0.374. The summed E-state index contributed by atoms with van der Waals surface area (Å²) >= 11 is 5.86.